The molecule has 0 bridgehead atoms. The van der Waals surface area contributed by atoms with E-state index in [2.05, 4.69) is 0 Å². The van der Waals surface area contributed by atoms with Gasteiger partial charge in [-0.15, -0.1) is 0 Å². The van der Waals surface area contributed by atoms with Gasteiger partial charge in [-0.1, -0.05) is 12.1 Å². The van der Waals surface area contributed by atoms with Gasteiger partial charge in [-0.05, 0) is 55.8 Å². The fourth-order valence-corrected chi connectivity index (χ4v) is 1.45. The van der Waals surface area contributed by atoms with Crippen molar-refractivity contribution >= 4 is 5.78 Å². The molecule has 0 radical (unpaired) electrons. The number of carbonyl (C=O) groups excluding carboxylic acids is 1. The molecule has 2 nitrogen and oxygen atoms in total. The summed E-state index contributed by atoms with van der Waals surface area (Å²) in [5.74, 6) is -0.575. The summed E-state index contributed by atoms with van der Waals surface area (Å²) in [4.78, 5) is 10.6. The molecular weight excluding hydrogens is 260 g/mol. The van der Waals surface area contributed by atoms with Crippen molar-refractivity contribution in [2.24, 2.45) is 5.73 Å². The van der Waals surface area contributed by atoms with Crippen molar-refractivity contribution in [2.45, 2.75) is 19.9 Å². The lowest BCUT2D eigenvalue weighted by atomic mass is 10.1. The van der Waals surface area contributed by atoms with Crippen molar-refractivity contribution in [3.05, 3.63) is 71.3 Å². The first-order valence-electron chi connectivity index (χ1n) is 6.17. The molecule has 0 saturated heterocycles. The zero-order chi connectivity index (χ0) is 15.1. The maximum atomic E-state index is 12.3. The molecular formula is C16H17F2NO. The quantitative estimate of drug-likeness (QED) is 0.847. The van der Waals surface area contributed by atoms with Crippen LogP contribution in [0.1, 0.15) is 35.8 Å². The summed E-state index contributed by atoms with van der Waals surface area (Å²) >= 11 is 0. The maximum Gasteiger partial charge on any atom is 0.159 e. The second-order valence-electron chi connectivity index (χ2n) is 4.40. The number of hydrogen-bond acceptors (Lipinski definition) is 2. The van der Waals surface area contributed by atoms with Gasteiger partial charge in [-0.2, -0.15) is 0 Å². The van der Waals surface area contributed by atoms with E-state index in [4.69, 9.17) is 5.73 Å². The molecule has 20 heavy (non-hydrogen) atoms. The molecule has 0 aliphatic rings. The molecule has 0 aromatic heterocycles. The van der Waals surface area contributed by atoms with Gasteiger partial charge in [0, 0.05) is 11.6 Å². The average molecular weight is 277 g/mol. The van der Waals surface area contributed by atoms with Gasteiger partial charge in [-0.25, -0.2) is 8.78 Å². The monoisotopic (exact) mass is 277 g/mol. The molecule has 106 valence electrons. The second kappa shape index (κ2) is 7.50. The third-order valence-electron chi connectivity index (χ3n) is 2.65. The van der Waals surface area contributed by atoms with Crippen LogP contribution in [-0.4, -0.2) is 5.78 Å². The summed E-state index contributed by atoms with van der Waals surface area (Å²) < 4.78 is 24.5. The molecule has 1 atom stereocenters. The van der Waals surface area contributed by atoms with Crippen molar-refractivity contribution in [3.63, 3.8) is 0 Å². The molecule has 0 unspecified atom stereocenters. The van der Waals surface area contributed by atoms with Gasteiger partial charge < -0.3 is 5.73 Å². The predicted octanol–water partition coefficient (Wildman–Crippen LogP) is 3.87. The van der Waals surface area contributed by atoms with Crippen LogP contribution in [0.15, 0.2) is 48.5 Å². The minimum absolute atomic E-state index is 0.0133. The Morgan fingerprint density at radius 3 is 1.70 bits per heavy atom. The van der Waals surface area contributed by atoms with Crippen molar-refractivity contribution in [1.82, 2.24) is 0 Å². The highest BCUT2D eigenvalue weighted by Crippen LogP contribution is 2.09. The van der Waals surface area contributed by atoms with Crippen molar-refractivity contribution < 1.29 is 13.6 Å². The molecule has 4 heteroatoms. The van der Waals surface area contributed by atoms with Crippen LogP contribution in [0.5, 0.6) is 0 Å². The van der Waals surface area contributed by atoms with E-state index in [0.717, 1.165) is 5.56 Å². The highest BCUT2D eigenvalue weighted by molar-refractivity contribution is 5.93. The summed E-state index contributed by atoms with van der Waals surface area (Å²) in [6, 6.07) is 11.7. The topological polar surface area (TPSA) is 43.1 Å². The minimum Gasteiger partial charge on any atom is -0.324 e. The molecule has 2 aromatic carbocycles. The standard InChI is InChI=1S/C8H10FN.C8H7FO/c2*1-6(10)7-2-4-8(9)5-3-7/h2-6H,10H2,1H3;2-5H,1H3/t6-;/m1./s1. The van der Waals surface area contributed by atoms with E-state index in [9.17, 15) is 13.6 Å². The van der Waals surface area contributed by atoms with E-state index < -0.39 is 0 Å². The summed E-state index contributed by atoms with van der Waals surface area (Å²) in [7, 11) is 0. The van der Waals surface area contributed by atoms with Gasteiger partial charge in [0.1, 0.15) is 11.6 Å². The molecule has 2 aromatic rings. The Bertz CT molecular complexity index is 548. The first-order valence-corrected chi connectivity index (χ1v) is 6.17. The molecule has 0 aliphatic heterocycles. The third kappa shape index (κ3) is 5.28. The second-order valence-corrected chi connectivity index (χ2v) is 4.40. The number of benzene rings is 2. The third-order valence-corrected chi connectivity index (χ3v) is 2.65. The summed E-state index contributed by atoms with van der Waals surface area (Å²) in [6.45, 7) is 3.32. The normalized spacial score (nSPS) is 11.2. The molecule has 0 saturated carbocycles. The largest absolute Gasteiger partial charge is 0.324 e. The molecule has 2 N–H and O–H groups in total. The number of nitrogens with two attached hydrogens (primary N) is 1. The zero-order valence-corrected chi connectivity index (χ0v) is 11.4. The number of Topliss-reactive ketones (excluding diaryl/α,β-unsaturated/α-hetero) is 1. The molecule has 0 fully saturated rings. The summed E-state index contributed by atoms with van der Waals surface area (Å²) in [5, 5.41) is 0. The fraction of sp³-hybridized carbons (Fsp3) is 0.188. The lowest BCUT2D eigenvalue weighted by Gasteiger charge is -2.02. The summed E-state index contributed by atoms with van der Waals surface area (Å²) in [6.07, 6.45) is 0. The Balaban J connectivity index is 0.000000200. The van der Waals surface area contributed by atoms with Gasteiger partial charge >= 0.3 is 0 Å². The first-order chi connectivity index (χ1) is 9.40. The first kappa shape index (κ1) is 16.0. The van der Waals surface area contributed by atoms with Gasteiger partial charge in [0.25, 0.3) is 0 Å². The van der Waals surface area contributed by atoms with E-state index >= 15 is 0 Å². The van der Waals surface area contributed by atoms with Crippen molar-refractivity contribution in [1.29, 1.82) is 0 Å². The zero-order valence-electron chi connectivity index (χ0n) is 11.4. The molecule has 0 spiro atoms. The van der Waals surface area contributed by atoms with E-state index in [1.165, 1.54) is 43.3 Å². The Hall–Kier alpha value is -2.07. The molecule has 0 amide bonds. The number of ketones is 1. The van der Waals surface area contributed by atoms with Crippen LogP contribution in [0.25, 0.3) is 0 Å². The van der Waals surface area contributed by atoms with Gasteiger partial charge in [0.2, 0.25) is 0 Å². The number of carbonyl (C=O) groups is 1. The Kier molecular flexibility index (Phi) is 6.00. The predicted molar refractivity (Wildman–Crippen MR) is 75.4 cm³/mol. The molecule has 0 aliphatic carbocycles. The maximum absolute atomic E-state index is 12.3. The van der Waals surface area contributed by atoms with Crippen LogP contribution in [0, 0.1) is 11.6 Å². The van der Waals surface area contributed by atoms with Crippen LogP contribution >= 0.6 is 0 Å². The minimum atomic E-state index is -0.315. The van der Waals surface area contributed by atoms with Crippen molar-refractivity contribution in [3.8, 4) is 0 Å². The highest BCUT2D eigenvalue weighted by atomic mass is 19.1. The van der Waals surface area contributed by atoms with E-state index in [1.807, 2.05) is 6.92 Å². The fourth-order valence-electron chi connectivity index (χ4n) is 1.45. The average Bonchev–Trinajstić information content (AvgIpc) is 2.40. The van der Waals surface area contributed by atoms with Gasteiger partial charge in [-0.3, -0.25) is 4.79 Å². The van der Waals surface area contributed by atoms with Crippen LogP contribution in [0.2, 0.25) is 0 Å². The Morgan fingerprint density at radius 2 is 1.35 bits per heavy atom. The lowest BCUT2D eigenvalue weighted by Crippen LogP contribution is -2.04. The molecule has 0 heterocycles. The summed E-state index contributed by atoms with van der Waals surface area (Å²) in [5.41, 5.74) is 7.04. The highest BCUT2D eigenvalue weighted by Gasteiger charge is 1.97. The van der Waals surface area contributed by atoms with Crippen LogP contribution in [-0.2, 0) is 0 Å². The van der Waals surface area contributed by atoms with Gasteiger partial charge in [0.05, 0.1) is 0 Å². The van der Waals surface area contributed by atoms with Crippen molar-refractivity contribution in [2.75, 3.05) is 0 Å². The van der Waals surface area contributed by atoms with Crippen LogP contribution < -0.4 is 5.73 Å². The lowest BCUT2D eigenvalue weighted by molar-refractivity contribution is 0.101. The smallest absolute Gasteiger partial charge is 0.159 e. The van der Waals surface area contributed by atoms with E-state index in [-0.39, 0.29) is 23.5 Å². The Morgan fingerprint density at radius 1 is 0.950 bits per heavy atom. The van der Waals surface area contributed by atoms with E-state index in [1.54, 1.807) is 12.1 Å². The van der Waals surface area contributed by atoms with Crippen LogP contribution in [0.4, 0.5) is 8.78 Å². The number of halogens is 2. The van der Waals surface area contributed by atoms with E-state index in [0.29, 0.717) is 5.56 Å². The Labute approximate surface area is 117 Å². The number of rotatable bonds is 2. The van der Waals surface area contributed by atoms with Gasteiger partial charge in [0.15, 0.2) is 5.78 Å². The molecule has 2 rings (SSSR count). The van der Waals surface area contributed by atoms with Crippen LogP contribution in [0.3, 0.4) is 0 Å². The number of hydrogen-bond donors (Lipinski definition) is 1. The SMILES string of the molecule is CC(=O)c1ccc(F)cc1.C[C@@H](N)c1ccc(F)cc1.